The van der Waals surface area contributed by atoms with E-state index in [0.29, 0.717) is 32.2 Å². The average Bonchev–Trinajstić information content (AvgIpc) is 2.59. The number of carbonyl (C=O) groups excluding carboxylic acids is 1. The van der Waals surface area contributed by atoms with Gasteiger partial charge in [-0.25, -0.2) is 0 Å². The standard InChI is InChI=1S/C19H18Cl3NO/c20-15-8-6-14(11-16(15)21)19(24)23-18-9-7-13(10-17(18)22)12-4-2-1-3-5-12/h6-12H,1-5H2,(H,23,24). The SMILES string of the molecule is O=C(Nc1ccc(C2CCCCC2)cc1Cl)c1ccc(Cl)c(Cl)c1. The van der Waals surface area contributed by atoms with Crippen LogP contribution >= 0.6 is 34.8 Å². The third-order valence-corrected chi connectivity index (χ3v) is 5.55. The number of rotatable bonds is 3. The third kappa shape index (κ3) is 4.05. The Morgan fingerprint density at radius 2 is 1.62 bits per heavy atom. The molecule has 0 saturated heterocycles. The van der Waals surface area contributed by atoms with Gasteiger partial charge in [-0.2, -0.15) is 0 Å². The monoisotopic (exact) mass is 381 g/mol. The molecule has 3 rings (SSSR count). The molecule has 0 unspecified atom stereocenters. The van der Waals surface area contributed by atoms with Crippen molar-refractivity contribution in [3.8, 4) is 0 Å². The molecule has 0 bridgehead atoms. The minimum atomic E-state index is -0.263. The van der Waals surface area contributed by atoms with E-state index in [0.717, 1.165) is 0 Å². The lowest BCUT2D eigenvalue weighted by Gasteiger charge is -2.22. The maximum atomic E-state index is 12.3. The van der Waals surface area contributed by atoms with Gasteiger partial charge in [0.25, 0.3) is 5.91 Å². The van der Waals surface area contributed by atoms with E-state index >= 15 is 0 Å². The molecule has 2 aromatic carbocycles. The Morgan fingerprint density at radius 1 is 0.875 bits per heavy atom. The second kappa shape index (κ2) is 7.77. The van der Waals surface area contributed by atoms with Crippen molar-refractivity contribution in [2.75, 3.05) is 5.32 Å². The highest BCUT2D eigenvalue weighted by Crippen LogP contribution is 2.35. The first-order valence-electron chi connectivity index (χ1n) is 8.10. The normalized spacial score (nSPS) is 15.3. The predicted molar refractivity (Wildman–Crippen MR) is 102 cm³/mol. The smallest absolute Gasteiger partial charge is 0.255 e. The molecule has 0 spiro atoms. The van der Waals surface area contributed by atoms with E-state index in [1.54, 1.807) is 18.2 Å². The van der Waals surface area contributed by atoms with Crippen molar-refractivity contribution >= 4 is 46.4 Å². The number of anilines is 1. The molecule has 0 radical (unpaired) electrons. The first-order chi connectivity index (χ1) is 11.5. The summed E-state index contributed by atoms with van der Waals surface area (Å²) in [5.41, 5.74) is 2.30. The van der Waals surface area contributed by atoms with Crippen LogP contribution in [0, 0.1) is 0 Å². The summed E-state index contributed by atoms with van der Waals surface area (Å²) in [6.45, 7) is 0. The lowest BCUT2D eigenvalue weighted by Crippen LogP contribution is -2.12. The molecular weight excluding hydrogens is 365 g/mol. The number of amides is 1. The molecule has 5 heteroatoms. The van der Waals surface area contributed by atoms with Gasteiger partial charge in [-0.05, 0) is 54.7 Å². The molecule has 1 fully saturated rings. The largest absolute Gasteiger partial charge is 0.321 e. The molecule has 24 heavy (non-hydrogen) atoms. The summed E-state index contributed by atoms with van der Waals surface area (Å²) in [6.07, 6.45) is 6.30. The van der Waals surface area contributed by atoms with Crippen LogP contribution in [0.25, 0.3) is 0 Å². The number of hydrogen-bond acceptors (Lipinski definition) is 1. The Balaban J connectivity index is 1.74. The fourth-order valence-electron chi connectivity index (χ4n) is 3.15. The van der Waals surface area contributed by atoms with Crippen molar-refractivity contribution in [3.05, 3.63) is 62.6 Å². The van der Waals surface area contributed by atoms with Gasteiger partial charge in [0.1, 0.15) is 0 Å². The van der Waals surface area contributed by atoms with Crippen molar-refractivity contribution in [1.82, 2.24) is 0 Å². The van der Waals surface area contributed by atoms with Crippen LogP contribution in [0.1, 0.15) is 53.9 Å². The van der Waals surface area contributed by atoms with Gasteiger partial charge in [-0.15, -0.1) is 0 Å². The molecule has 1 saturated carbocycles. The second-order valence-corrected chi connectivity index (χ2v) is 7.38. The topological polar surface area (TPSA) is 29.1 Å². The minimum Gasteiger partial charge on any atom is -0.321 e. The van der Waals surface area contributed by atoms with E-state index in [1.165, 1.54) is 37.7 Å². The van der Waals surface area contributed by atoms with Gasteiger partial charge in [0.2, 0.25) is 0 Å². The molecule has 1 aliphatic rings. The van der Waals surface area contributed by atoms with Crippen molar-refractivity contribution in [2.24, 2.45) is 0 Å². The molecule has 2 nitrogen and oxygen atoms in total. The average molecular weight is 383 g/mol. The molecule has 1 N–H and O–H groups in total. The zero-order valence-corrected chi connectivity index (χ0v) is 15.4. The third-order valence-electron chi connectivity index (χ3n) is 4.50. The Kier molecular flexibility index (Phi) is 5.70. The van der Waals surface area contributed by atoms with E-state index in [2.05, 4.69) is 11.4 Å². The van der Waals surface area contributed by atoms with Gasteiger partial charge >= 0.3 is 0 Å². The molecule has 1 aliphatic carbocycles. The molecule has 0 heterocycles. The van der Waals surface area contributed by atoms with Crippen LogP contribution in [-0.2, 0) is 0 Å². The maximum absolute atomic E-state index is 12.3. The summed E-state index contributed by atoms with van der Waals surface area (Å²) < 4.78 is 0. The van der Waals surface area contributed by atoms with Gasteiger partial charge in [0.05, 0.1) is 20.8 Å². The number of hydrogen-bond donors (Lipinski definition) is 1. The Bertz CT molecular complexity index is 754. The quantitative estimate of drug-likeness (QED) is 0.611. The second-order valence-electron chi connectivity index (χ2n) is 6.16. The Hall–Kier alpha value is -1.22. The van der Waals surface area contributed by atoms with Gasteiger partial charge < -0.3 is 5.32 Å². The first kappa shape index (κ1) is 17.6. The fraction of sp³-hybridized carbons (Fsp3) is 0.316. The summed E-state index contributed by atoms with van der Waals surface area (Å²) in [7, 11) is 0. The predicted octanol–water partition coefficient (Wildman–Crippen LogP) is 6.95. The van der Waals surface area contributed by atoms with E-state index in [1.807, 2.05) is 12.1 Å². The highest BCUT2D eigenvalue weighted by molar-refractivity contribution is 6.42. The summed E-state index contributed by atoms with van der Waals surface area (Å²) >= 11 is 18.2. The Morgan fingerprint density at radius 3 is 2.29 bits per heavy atom. The van der Waals surface area contributed by atoms with Crippen LogP contribution in [0.5, 0.6) is 0 Å². The van der Waals surface area contributed by atoms with Gasteiger partial charge in [-0.3, -0.25) is 4.79 Å². The van der Waals surface area contributed by atoms with Crippen LogP contribution < -0.4 is 5.32 Å². The van der Waals surface area contributed by atoms with Crippen LogP contribution in [0.15, 0.2) is 36.4 Å². The van der Waals surface area contributed by atoms with Crippen molar-refractivity contribution < 1.29 is 4.79 Å². The van der Waals surface area contributed by atoms with E-state index < -0.39 is 0 Å². The molecular formula is C19H18Cl3NO. The van der Waals surface area contributed by atoms with Crippen LogP contribution in [0.4, 0.5) is 5.69 Å². The van der Waals surface area contributed by atoms with E-state index in [4.69, 9.17) is 34.8 Å². The highest BCUT2D eigenvalue weighted by atomic mass is 35.5. The van der Waals surface area contributed by atoms with Crippen LogP contribution in [0.3, 0.4) is 0 Å². The minimum absolute atomic E-state index is 0.263. The highest BCUT2D eigenvalue weighted by Gasteiger charge is 2.17. The first-order valence-corrected chi connectivity index (χ1v) is 9.24. The lowest BCUT2D eigenvalue weighted by atomic mass is 9.84. The van der Waals surface area contributed by atoms with Crippen molar-refractivity contribution in [3.63, 3.8) is 0 Å². The maximum Gasteiger partial charge on any atom is 0.255 e. The van der Waals surface area contributed by atoms with Crippen LogP contribution in [0.2, 0.25) is 15.1 Å². The van der Waals surface area contributed by atoms with Crippen LogP contribution in [-0.4, -0.2) is 5.91 Å². The van der Waals surface area contributed by atoms with E-state index in [-0.39, 0.29) is 5.91 Å². The zero-order chi connectivity index (χ0) is 17.1. The van der Waals surface area contributed by atoms with E-state index in [9.17, 15) is 4.79 Å². The van der Waals surface area contributed by atoms with Gasteiger partial charge in [-0.1, -0.05) is 60.1 Å². The van der Waals surface area contributed by atoms with Gasteiger partial charge in [0, 0.05) is 5.56 Å². The summed E-state index contributed by atoms with van der Waals surface area (Å²) in [6, 6.07) is 10.7. The lowest BCUT2D eigenvalue weighted by molar-refractivity contribution is 0.102. The summed E-state index contributed by atoms with van der Waals surface area (Å²) in [5.74, 6) is 0.317. The number of halogens is 3. The number of nitrogens with one attached hydrogen (secondary N) is 1. The summed E-state index contributed by atoms with van der Waals surface area (Å²) in [5, 5.41) is 4.16. The van der Waals surface area contributed by atoms with Crippen molar-refractivity contribution in [1.29, 1.82) is 0 Å². The molecule has 2 aromatic rings. The fourth-order valence-corrected chi connectivity index (χ4v) is 3.69. The molecule has 0 aromatic heterocycles. The van der Waals surface area contributed by atoms with Crippen molar-refractivity contribution in [2.45, 2.75) is 38.0 Å². The molecule has 0 aliphatic heterocycles. The molecule has 126 valence electrons. The number of benzene rings is 2. The van der Waals surface area contributed by atoms with Gasteiger partial charge in [0.15, 0.2) is 0 Å². The zero-order valence-electron chi connectivity index (χ0n) is 13.1. The Labute approximate surface area is 157 Å². The molecule has 0 atom stereocenters. The summed E-state index contributed by atoms with van der Waals surface area (Å²) in [4.78, 5) is 12.3. The molecule has 1 amide bonds. The number of carbonyl (C=O) groups is 1.